The summed E-state index contributed by atoms with van der Waals surface area (Å²) in [6.07, 6.45) is -16.3. The highest BCUT2D eigenvalue weighted by atomic mass is 16.7. The Kier molecular flexibility index (Phi) is 6.27. The Morgan fingerprint density at radius 3 is 1.83 bits per heavy atom. The van der Waals surface area contributed by atoms with Gasteiger partial charge in [0, 0.05) is 6.29 Å². The van der Waals surface area contributed by atoms with Crippen LogP contribution in [0.1, 0.15) is 0 Å². The van der Waals surface area contributed by atoms with Crippen LogP contribution in [-0.2, 0) is 14.2 Å². The molecule has 0 aromatic rings. The lowest BCUT2D eigenvalue weighted by molar-refractivity contribution is -0.541. The highest BCUT2D eigenvalue weighted by Crippen LogP contribution is 2.27. The molecule has 136 valence electrons. The summed E-state index contributed by atoms with van der Waals surface area (Å²) in [5.74, 6) is 0. The monoisotopic (exact) mass is 341 g/mol. The fraction of sp³-hybridized carbons (Fsp3) is 1.00. The third kappa shape index (κ3) is 3.65. The van der Waals surface area contributed by atoms with Crippen molar-refractivity contribution in [1.29, 1.82) is 0 Å². The van der Waals surface area contributed by atoms with E-state index in [1.807, 2.05) is 0 Å². The fourth-order valence-electron chi connectivity index (χ4n) is 2.54. The van der Waals surface area contributed by atoms with Crippen LogP contribution >= 0.6 is 0 Å². The van der Waals surface area contributed by atoms with Crippen molar-refractivity contribution in [1.82, 2.24) is 0 Å². The van der Waals surface area contributed by atoms with Gasteiger partial charge >= 0.3 is 0 Å². The van der Waals surface area contributed by atoms with Crippen molar-refractivity contribution < 1.29 is 55.1 Å². The second-order valence-electron chi connectivity index (χ2n) is 5.50. The first-order valence-electron chi connectivity index (χ1n) is 7.06. The van der Waals surface area contributed by atoms with Crippen molar-refractivity contribution in [3.8, 4) is 0 Å². The first kappa shape index (κ1) is 18.9. The second kappa shape index (κ2) is 7.63. The summed E-state index contributed by atoms with van der Waals surface area (Å²) in [5, 5.41) is 78.6. The van der Waals surface area contributed by atoms with Crippen molar-refractivity contribution in [2.75, 3.05) is 13.2 Å². The lowest BCUT2D eigenvalue weighted by Gasteiger charge is -2.48. The van der Waals surface area contributed by atoms with Crippen molar-refractivity contribution in [2.45, 2.75) is 61.4 Å². The van der Waals surface area contributed by atoms with Gasteiger partial charge in [-0.3, -0.25) is 0 Å². The van der Waals surface area contributed by atoms with Crippen LogP contribution in [0.25, 0.3) is 0 Å². The van der Waals surface area contributed by atoms with E-state index in [1.54, 1.807) is 0 Å². The van der Waals surface area contributed by atoms with Gasteiger partial charge in [0.2, 0.25) is 0 Å². The van der Waals surface area contributed by atoms with Crippen molar-refractivity contribution in [2.24, 2.45) is 0 Å². The van der Waals surface area contributed by atoms with E-state index < -0.39 is 74.6 Å². The van der Waals surface area contributed by atoms with E-state index in [0.717, 1.165) is 0 Å². The SMILES string of the molecule is [O-][C@H]1O[C@H](CO)[C@@H](O)[C@H](O)[C@@H]1O[C@H]1O[C@H](CO)[C@H](O)[C@H](O)[C@@H]1O. The van der Waals surface area contributed by atoms with Crippen LogP contribution in [-0.4, -0.2) is 110 Å². The van der Waals surface area contributed by atoms with Gasteiger partial charge in [0.25, 0.3) is 0 Å². The zero-order chi connectivity index (χ0) is 17.3. The summed E-state index contributed by atoms with van der Waals surface area (Å²) in [6.45, 7) is -1.38. The molecule has 0 aliphatic carbocycles. The molecular weight excluding hydrogens is 320 g/mol. The molecule has 11 nitrogen and oxygen atoms in total. The Bertz CT molecular complexity index is 380. The predicted molar refractivity (Wildman–Crippen MR) is 66.4 cm³/mol. The summed E-state index contributed by atoms with van der Waals surface area (Å²) in [7, 11) is 0. The molecule has 2 fully saturated rings. The van der Waals surface area contributed by atoms with E-state index in [1.165, 1.54) is 0 Å². The van der Waals surface area contributed by atoms with E-state index in [4.69, 9.17) is 24.4 Å². The Morgan fingerprint density at radius 1 is 0.739 bits per heavy atom. The first-order chi connectivity index (χ1) is 10.8. The van der Waals surface area contributed by atoms with E-state index in [-0.39, 0.29) is 0 Å². The smallest absolute Gasteiger partial charge is 0.187 e. The van der Waals surface area contributed by atoms with E-state index >= 15 is 0 Å². The maximum Gasteiger partial charge on any atom is 0.187 e. The van der Waals surface area contributed by atoms with Gasteiger partial charge in [0.05, 0.1) is 13.2 Å². The zero-order valence-electron chi connectivity index (χ0n) is 12.0. The summed E-state index contributed by atoms with van der Waals surface area (Å²) in [4.78, 5) is 0. The van der Waals surface area contributed by atoms with Crippen LogP contribution in [0.15, 0.2) is 0 Å². The normalized spacial score (nSPS) is 51.7. The quantitative estimate of drug-likeness (QED) is 0.257. The molecule has 11 heteroatoms. The minimum absolute atomic E-state index is 0.690. The molecule has 2 rings (SSSR count). The predicted octanol–water partition coefficient (Wildman–Crippen LogP) is -6.03. The average molecular weight is 341 g/mol. The Labute approximate surface area is 130 Å². The van der Waals surface area contributed by atoms with Crippen LogP contribution in [0.3, 0.4) is 0 Å². The number of hydrogen-bond donors (Lipinski definition) is 7. The number of hydrogen-bond acceptors (Lipinski definition) is 11. The van der Waals surface area contributed by atoms with E-state index in [9.17, 15) is 30.6 Å². The Balaban J connectivity index is 2.08. The molecule has 2 aliphatic heterocycles. The molecule has 0 radical (unpaired) electrons. The van der Waals surface area contributed by atoms with Crippen molar-refractivity contribution >= 4 is 0 Å². The van der Waals surface area contributed by atoms with Gasteiger partial charge in [0.1, 0.15) is 48.8 Å². The molecule has 0 bridgehead atoms. The molecule has 0 spiro atoms. The minimum atomic E-state index is -2.00. The fourth-order valence-corrected chi connectivity index (χ4v) is 2.54. The van der Waals surface area contributed by atoms with Gasteiger partial charge in [-0.25, -0.2) is 0 Å². The lowest BCUT2D eigenvalue weighted by Crippen LogP contribution is -2.66. The number of aliphatic hydroxyl groups is 7. The number of ether oxygens (including phenoxy) is 3. The molecular formula is C12H21O11-. The minimum Gasteiger partial charge on any atom is -0.829 e. The number of aliphatic hydroxyl groups excluding tert-OH is 7. The summed E-state index contributed by atoms with van der Waals surface area (Å²) < 4.78 is 14.9. The molecule has 0 saturated carbocycles. The molecule has 2 aliphatic rings. The second-order valence-corrected chi connectivity index (χ2v) is 5.50. The third-order valence-electron chi connectivity index (χ3n) is 3.96. The summed E-state index contributed by atoms with van der Waals surface area (Å²) >= 11 is 0. The molecule has 2 saturated heterocycles. The van der Waals surface area contributed by atoms with E-state index in [2.05, 4.69) is 0 Å². The average Bonchev–Trinajstić information content (AvgIpc) is 2.54. The van der Waals surface area contributed by atoms with Crippen LogP contribution < -0.4 is 5.11 Å². The molecule has 10 atom stereocenters. The molecule has 0 aromatic heterocycles. The number of rotatable bonds is 4. The first-order valence-corrected chi connectivity index (χ1v) is 7.06. The van der Waals surface area contributed by atoms with Gasteiger partial charge in [-0.1, -0.05) is 0 Å². The van der Waals surface area contributed by atoms with Gasteiger partial charge in [0.15, 0.2) is 6.29 Å². The third-order valence-corrected chi connectivity index (χ3v) is 3.96. The zero-order valence-corrected chi connectivity index (χ0v) is 12.0. The summed E-state index contributed by atoms with van der Waals surface area (Å²) in [6, 6.07) is 0. The largest absolute Gasteiger partial charge is 0.829 e. The lowest BCUT2D eigenvalue weighted by atomic mass is 9.97. The maximum atomic E-state index is 11.9. The highest BCUT2D eigenvalue weighted by Gasteiger charge is 2.48. The molecule has 2 heterocycles. The van der Waals surface area contributed by atoms with Gasteiger partial charge in [-0.2, -0.15) is 0 Å². The van der Waals surface area contributed by atoms with Gasteiger partial charge in [-0.15, -0.1) is 0 Å². The molecule has 0 aromatic carbocycles. The van der Waals surface area contributed by atoms with Crippen LogP contribution in [0.4, 0.5) is 0 Å². The topological polar surface area (TPSA) is 192 Å². The van der Waals surface area contributed by atoms with Crippen LogP contribution in [0.2, 0.25) is 0 Å². The van der Waals surface area contributed by atoms with Crippen molar-refractivity contribution in [3.63, 3.8) is 0 Å². The molecule has 23 heavy (non-hydrogen) atoms. The Morgan fingerprint density at radius 2 is 1.26 bits per heavy atom. The van der Waals surface area contributed by atoms with Crippen molar-refractivity contribution in [3.05, 3.63) is 0 Å². The highest BCUT2D eigenvalue weighted by molar-refractivity contribution is 4.92. The summed E-state index contributed by atoms with van der Waals surface area (Å²) in [5.41, 5.74) is 0. The van der Waals surface area contributed by atoms with Crippen LogP contribution in [0.5, 0.6) is 0 Å². The van der Waals surface area contributed by atoms with Gasteiger partial charge in [-0.05, 0) is 0 Å². The van der Waals surface area contributed by atoms with Gasteiger partial charge < -0.3 is 55.1 Å². The Hall–Kier alpha value is -0.440. The molecule has 0 amide bonds. The molecule has 7 N–H and O–H groups in total. The van der Waals surface area contributed by atoms with E-state index in [0.29, 0.717) is 0 Å². The standard InChI is InChI=1S/C12H21O11/c13-1-3-6(16)8(18)10(11(20)21-3)23-12-9(19)7(17)5(15)4(2-14)22-12/h3-19H,1-2H2/q-1/t3-,4-,5+,6-,7+,8+,9+,10+,11+,12-/m1/s1. The van der Waals surface area contributed by atoms with Crippen LogP contribution in [0, 0.1) is 0 Å². The molecule has 0 unspecified atom stereocenters. The maximum absolute atomic E-state index is 11.9.